The summed E-state index contributed by atoms with van der Waals surface area (Å²) in [4.78, 5) is 0. The molecule has 0 bridgehead atoms. The first-order chi connectivity index (χ1) is 6.95. The molecular weight excluding hydrogens is 274 g/mol. The Balaban J connectivity index is 3.28. The zero-order chi connectivity index (χ0) is 11.7. The van der Waals surface area contributed by atoms with Crippen LogP contribution in [-0.4, -0.2) is 12.2 Å². The number of hydrogen-bond donors (Lipinski definition) is 0. The molecule has 0 aromatic carbocycles. The molecule has 0 aliphatic carbocycles. The highest BCUT2D eigenvalue weighted by atomic mass is 35.8. The Bertz CT molecular complexity index is 150. The summed E-state index contributed by atoms with van der Waals surface area (Å²) in [7, 11) is 0. The van der Waals surface area contributed by atoms with Gasteiger partial charge in [0.1, 0.15) is 6.17 Å². The van der Waals surface area contributed by atoms with Crippen LogP contribution in [0.15, 0.2) is 0 Å². The third-order valence-corrected chi connectivity index (χ3v) is 4.62. The van der Waals surface area contributed by atoms with Crippen LogP contribution < -0.4 is 0 Å². The van der Waals surface area contributed by atoms with E-state index in [2.05, 4.69) is 6.92 Å². The topological polar surface area (TPSA) is 0 Å². The van der Waals surface area contributed by atoms with Crippen LogP contribution in [-0.2, 0) is 0 Å². The molecule has 0 spiro atoms. The minimum atomic E-state index is -2.76. The minimum Gasteiger partial charge on any atom is -0.248 e. The van der Waals surface area contributed by atoms with Gasteiger partial charge in [0, 0.05) is 6.04 Å². The van der Waals surface area contributed by atoms with Crippen LogP contribution in [0.4, 0.5) is 4.39 Å². The maximum Gasteiger partial charge on any atom is 0.344 e. The Labute approximate surface area is 108 Å². The molecule has 0 amide bonds. The maximum atomic E-state index is 13.3. The first kappa shape index (κ1) is 16.0. The van der Waals surface area contributed by atoms with Crippen LogP contribution in [0.5, 0.6) is 0 Å². The number of alkyl halides is 1. The largest absolute Gasteiger partial charge is 0.344 e. The van der Waals surface area contributed by atoms with Crippen molar-refractivity contribution in [1.82, 2.24) is 0 Å². The minimum absolute atomic E-state index is 0.145. The quantitative estimate of drug-likeness (QED) is 0.289. The van der Waals surface area contributed by atoms with Gasteiger partial charge in [-0.15, -0.1) is 33.2 Å². The average Bonchev–Trinajstić information content (AvgIpc) is 2.08. The molecule has 92 valence electrons. The maximum absolute atomic E-state index is 13.3. The van der Waals surface area contributed by atoms with Crippen LogP contribution >= 0.6 is 33.2 Å². The van der Waals surface area contributed by atoms with E-state index in [1.54, 1.807) is 0 Å². The first-order valence-corrected chi connectivity index (χ1v) is 10.9. The first-order valence-electron chi connectivity index (χ1n) is 5.66. The van der Waals surface area contributed by atoms with Crippen molar-refractivity contribution >= 4 is 39.2 Å². The lowest BCUT2D eigenvalue weighted by atomic mass is 10.1. The van der Waals surface area contributed by atoms with E-state index in [0.717, 1.165) is 12.8 Å². The van der Waals surface area contributed by atoms with Crippen molar-refractivity contribution in [3.05, 3.63) is 0 Å². The van der Waals surface area contributed by atoms with Crippen LogP contribution in [0.2, 0.25) is 6.04 Å². The Morgan fingerprint density at radius 1 is 1.00 bits per heavy atom. The Morgan fingerprint density at radius 3 is 2.07 bits per heavy atom. The van der Waals surface area contributed by atoms with Gasteiger partial charge in [0.2, 0.25) is 0 Å². The summed E-state index contributed by atoms with van der Waals surface area (Å²) in [6.07, 6.45) is 6.62. The van der Waals surface area contributed by atoms with Crippen LogP contribution in [0.1, 0.15) is 51.9 Å². The van der Waals surface area contributed by atoms with Gasteiger partial charge >= 0.3 is 6.00 Å². The van der Waals surface area contributed by atoms with E-state index in [1.807, 2.05) is 0 Å². The molecule has 1 atom stereocenters. The molecular formula is C10H20Cl3FSi. The summed E-state index contributed by atoms with van der Waals surface area (Å²) >= 11 is 16.9. The van der Waals surface area contributed by atoms with Crippen LogP contribution in [0, 0.1) is 0 Å². The Hall–Kier alpha value is 1.02. The molecule has 15 heavy (non-hydrogen) atoms. The van der Waals surface area contributed by atoms with Crippen molar-refractivity contribution in [2.24, 2.45) is 0 Å². The van der Waals surface area contributed by atoms with Crippen molar-refractivity contribution in [3.8, 4) is 0 Å². The highest BCUT2D eigenvalue weighted by Crippen LogP contribution is 2.29. The molecule has 0 fully saturated rings. The van der Waals surface area contributed by atoms with Gasteiger partial charge in [0.25, 0.3) is 0 Å². The van der Waals surface area contributed by atoms with Crippen molar-refractivity contribution < 1.29 is 4.39 Å². The molecule has 5 heteroatoms. The highest BCUT2D eigenvalue weighted by Gasteiger charge is 2.29. The third-order valence-electron chi connectivity index (χ3n) is 2.32. The van der Waals surface area contributed by atoms with E-state index in [0.29, 0.717) is 6.42 Å². The molecule has 0 N–H and O–H groups in total. The van der Waals surface area contributed by atoms with Gasteiger partial charge in [-0.1, -0.05) is 45.4 Å². The molecule has 0 aliphatic rings. The molecule has 0 nitrogen and oxygen atoms in total. The monoisotopic (exact) mass is 292 g/mol. The molecule has 0 aliphatic heterocycles. The zero-order valence-electron chi connectivity index (χ0n) is 9.25. The van der Waals surface area contributed by atoms with Gasteiger partial charge in [0.15, 0.2) is 0 Å². The number of unbranched alkanes of at least 4 members (excludes halogenated alkanes) is 5. The van der Waals surface area contributed by atoms with Gasteiger partial charge in [-0.3, -0.25) is 0 Å². The SMILES string of the molecule is CCCCCCCCC(F)C[Si](Cl)(Cl)Cl. The van der Waals surface area contributed by atoms with Gasteiger partial charge in [0.05, 0.1) is 0 Å². The second-order valence-corrected chi connectivity index (χ2v) is 13.2. The summed E-state index contributed by atoms with van der Waals surface area (Å²) in [5, 5.41) is 0. The van der Waals surface area contributed by atoms with E-state index < -0.39 is 12.2 Å². The van der Waals surface area contributed by atoms with Crippen LogP contribution in [0.3, 0.4) is 0 Å². The molecule has 0 radical (unpaired) electrons. The van der Waals surface area contributed by atoms with E-state index in [1.165, 1.54) is 25.7 Å². The standard InChI is InChI=1S/C10H20Cl3FSi/c1-2-3-4-5-6-7-8-10(14)9-15(11,12)13/h10H,2-9H2,1H3. The zero-order valence-corrected chi connectivity index (χ0v) is 12.5. The van der Waals surface area contributed by atoms with Crippen molar-refractivity contribution in [3.63, 3.8) is 0 Å². The van der Waals surface area contributed by atoms with Crippen molar-refractivity contribution in [2.45, 2.75) is 64.1 Å². The predicted molar refractivity (Wildman–Crippen MR) is 71.0 cm³/mol. The molecule has 0 saturated heterocycles. The van der Waals surface area contributed by atoms with E-state index in [-0.39, 0.29) is 6.04 Å². The van der Waals surface area contributed by atoms with Crippen LogP contribution in [0.25, 0.3) is 0 Å². The highest BCUT2D eigenvalue weighted by molar-refractivity contribution is 7.64. The Morgan fingerprint density at radius 2 is 1.53 bits per heavy atom. The predicted octanol–water partition coefficient (Wildman–Crippen LogP) is 5.73. The third kappa shape index (κ3) is 13.0. The molecule has 0 rings (SSSR count). The lowest BCUT2D eigenvalue weighted by molar-refractivity contribution is 0.329. The number of hydrogen-bond acceptors (Lipinski definition) is 0. The smallest absolute Gasteiger partial charge is 0.248 e. The molecule has 1 unspecified atom stereocenters. The lowest BCUT2D eigenvalue weighted by Crippen LogP contribution is -2.16. The molecule has 0 aromatic heterocycles. The summed E-state index contributed by atoms with van der Waals surface area (Å²) in [5.41, 5.74) is 0. The molecule has 0 heterocycles. The Kier molecular flexibility index (Phi) is 9.71. The summed E-state index contributed by atoms with van der Waals surface area (Å²) in [6.45, 7) is 2.18. The summed E-state index contributed by atoms with van der Waals surface area (Å²) in [5.74, 6) is 0. The fourth-order valence-corrected chi connectivity index (χ4v) is 3.71. The normalized spacial score (nSPS) is 14.2. The van der Waals surface area contributed by atoms with Crippen molar-refractivity contribution in [1.29, 1.82) is 0 Å². The van der Waals surface area contributed by atoms with Gasteiger partial charge < -0.3 is 0 Å². The van der Waals surface area contributed by atoms with Crippen molar-refractivity contribution in [2.75, 3.05) is 0 Å². The van der Waals surface area contributed by atoms with Gasteiger partial charge in [-0.25, -0.2) is 4.39 Å². The number of rotatable bonds is 9. The number of halogens is 4. The fraction of sp³-hybridized carbons (Fsp3) is 1.00. The second kappa shape index (κ2) is 9.09. The summed E-state index contributed by atoms with van der Waals surface area (Å²) in [6, 6.07) is -2.61. The molecule has 0 aromatic rings. The van der Waals surface area contributed by atoms with E-state index in [4.69, 9.17) is 33.2 Å². The van der Waals surface area contributed by atoms with E-state index >= 15 is 0 Å². The van der Waals surface area contributed by atoms with Gasteiger partial charge in [-0.2, -0.15) is 0 Å². The summed E-state index contributed by atoms with van der Waals surface area (Å²) < 4.78 is 13.3. The second-order valence-electron chi connectivity index (χ2n) is 3.97. The lowest BCUT2D eigenvalue weighted by Gasteiger charge is -2.11. The fourth-order valence-electron chi connectivity index (χ4n) is 1.50. The van der Waals surface area contributed by atoms with E-state index in [9.17, 15) is 4.39 Å². The van der Waals surface area contributed by atoms with Gasteiger partial charge in [-0.05, 0) is 6.42 Å². The average molecular weight is 294 g/mol. The molecule has 0 saturated carbocycles.